The van der Waals surface area contributed by atoms with E-state index in [-0.39, 0.29) is 0 Å². The first-order chi connectivity index (χ1) is 9.33. The Balaban J connectivity index is 1.44. The first-order valence-electron chi connectivity index (χ1n) is 7.89. The number of hydrogen-bond acceptors (Lipinski definition) is 3. The van der Waals surface area contributed by atoms with Crippen LogP contribution >= 0.6 is 0 Å². The van der Waals surface area contributed by atoms with Gasteiger partial charge >= 0.3 is 0 Å². The Bertz CT molecular complexity index is 301. The standard InChI is InChI=1S/C15H26N2O2/c18-15(2-1-12-5-8-19-11-12)17-6-3-13-9-16-10-14(13)4-7-17/h12-14,16H,1-11H2/t12?,13-,14+. The van der Waals surface area contributed by atoms with E-state index in [4.69, 9.17) is 4.74 Å². The third kappa shape index (κ3) is 3.29. The minimum absolute atomic E-state index is 0.375. The summed E-state index contributed by atoms with van der Waals surface area (Å²) in [5.41, 5.74) is 0. The van der Waals surface area contributed by atoms with Crippen LogP contribution in [0.1, 0.15) is 32.1 Å². The molecule has 19 heavy (non-hydrogen) atoms. The van der Waals surface area contributed by atoms with Crippen molar-refractivity contribution in [2.24, 2.45) is 17.8 Å². The van der Waals surface area contributed by atoms with Crippen LogP contribution in [-0.2, 0) is 9.53 Å². The van der Waals surface area contributed by atoms with E-state index in [1.165, 1.54) is 12.8 Å². The number of nitrogens with zero attached hydrogens (tertiary/aromatic N) is 1. The summed E-state index contributed by atoms with van der Waals surface area (Å²) < 4.78 is 5.37. The summed E-state index contributed by atoms with van der Waals surface area (Å²) in [6.45, 7) is 6.02. The fourth-order valence-corrected chi connectivity index (χ4v) is 3.76. The number of rotatable bonds is 3. The lowest BCUT2D eigenvalue weighted by molar-refractivity contribution is -0.131. The maximum absolute atomic E-state index is 12.3. The second-order valence-corrected chi connectivity index (χ2v) is 6.40. The molecule has 0 aromatic carbocycles. The minimum atomic E-state index is 0.375. The van der Waals surface area contributed by atoms with Crippen molar-refractivity contribution in [3.8, 4) is 0 Å². The Morgan fingerprint density at radius 2 is 1.89 bits per heavy atom. The summed E-state index contributed by atoms with van der Waals surface area (Å²) in [7, 11) is 0. The maximum Gasteiger partial charge on any atom is 0.222 e. The lowest BCUT2D eigenvalue weighted by Gasteiger charge is -2.21. The van der Waals surface area contributed by atoms with E-state index in [0.29, 0.717) is 11.8 Å². The van der Waals surface area contributed by atoms with Crippen LogP contribution in [0.5, 0.6) is 0 Å². The number of hydrogen-bond donors (Lipinski definition) is 1. The third-order valence-corrected chi connectivity index (χ3v) is 5.16. The molecule has 1 amide bonds. The number of ether oxygens (including phenoxy) is 1. The van der Waals surface area contributed by atoms with Gasteiger partial charge in [0.05, 0.1) is 0 Å². The minimum Gasteiger partial charge on any atom is -0.381 e. The van der Waals surface area contributed by atoms with Crippen molar-refractivity contribution >= 4 is 5.91 Å². The summed E-state index contributed by atoms with van der Waals surface area (Å²) in [5.74, 6) is 2.61. The first kappa shape index (κ1) is 13.4. The van der Waals surface area contributed by atoms with Gasteiger partial charge in [-0.05, 0) is 56.5 Å². The van der Waals surface area contributed by atoms with Crippen molar-refractivity contribution < 1.29 is 9.53 Å². The lowest BCUT2D eigenvalue weighted by atomic mass is 9.92. The smallest absolute Gasteiger partial charge is 0.222 e. The molecular formula is C15H26N2O2. The van der Waals surface area contributed by atoms with Crippen LogP contribution in [0.25, 0.3) is 0 Å². The molecule has 3 saturated heterocycles. The van der Waals surface area contributed by atoms with E-state index in [1.807, 2.05) is 0 Å². The van der Waals surface area contributed by atoms with Crippen molar-refractivity contribution in [3.05, 3.63) is 0 Å². The molecule has 3 fully saturated rings. The molecule has 4 heteroatoms. The van der Waals surface area contributed by atoms with Gasteiger partial charge in [0, 0.05) is 32.7 Å². The number of nitrogens with one attached hydrogen (secondary N) is 1. The second-order valence-electron chi connectivity index (χ2n) is 6.40. The molecule has 1 unspecified atom stereocenters. The molecule has 0 aromatic heterocycles. The molecule has 3 aliphatic rings. The highest BCUT2D eigenvalue weighted by Gasteiger charge is 2.31. The van der Waals surface area contributed by atoms with Crippen LogP contribution in [0.2, 0.25) is 0 Å². The fraction of sp³-hybridized carbons (Fsp3) is 0.933. The Labute approximate surface area is 115 Å². The zero-order valence-corrected chi connectivity index (χ0v) is 11.8. The van der Waals surface area contributed by atoms with Crippen molar-refractivity contribution in [1.82, 2.24) is 10.2 Å². The van der Waals surface area contributed by atoms with Gasteiger partial charge in [-0.1, -0.05) is 0 Å². The average molecular weight is 266 g/mol. The molecule has 0 bridgehead atoms. The predicted molar refractivity (Wildman–Crippen MR) is 73.8 cm³/mol. The van der Waals surface area contributed by atoms with Crippen LogP contribution in [-0.4, -0.2) is 50.2 Å². The average Bonchev–Trinajstić information content (AvgIpc) is 3.05. The number of carbonyl (C=O) groups is 1. The van der Waals surface area contributed by atoms with E-state index in [9.17, 15) is 4.79 Å². The highest BCUT2D eigenvalue weighted by Crippen LogP contribution is 2.27. The van der Waals surface area contributed by atoms with Crippen molar-refractivity contribution in [2.75, 3.05) is 39.4 Å². The van der Waals surface area contributed by atoms with Gasteiger partial charge in [-0.25, -0.2) is 0 Å². The molecule has 0 radical (unpaired) electrons. The monoisotopic (exact) mass is 266 g/mol. The summed E-state index contributed by atoms with van der Waals surface area (Å²) in [6.07, 6.45) is 5.26. The molecule has 3 rings (SSSR count). The van der Waals surface area contributed by atoms with Crippen LogP contribution in [0.4, 0.5) is 0 Å². The quantitative estimate of drug-likeness (QED) is 0.836. The van der Waals surface area contributed by atoms with Gasteiger partial charge in [-0.2, -0.15) is 0 Å². The van der Waals surface area contributed by atoms with Crippen LogP contribution in [0.3, 0.4) is 0 Å². The molecule has 3 aliphatic heterocycles. The van der Waals surface area contributed by atoms with E-state index in [2.05, 4.69) is 10.2 Å². The van der Waals surface area contributed by atoms with Gasteiger partial charge in [-0.3, -0.25) is 4.79 Å². The zero-order chi connectivity index (χ0) is 13.1. The number of amides is 1. The predicted octanol–water partition coefficient (Wildman–Crippen LogP) is 1.26. The number of carbonyl (C=O) groups excluding carboxylic acids is 1. The largest absolute Gasteiger partial charge is 0.381 e. The Morgan fingerprint density at radius 1 is 1.16 bits per heavy atom. The molecule has 4 nitrogen and oxygen atoms in total. The van der Waals surface area contributed by atoms with Crippen LogP contribution in [0, 0.1) is 17.8 Å². The molecular weight excluding hydrogens is 240 g/mol. The van der Waals surface area contributed by atoms with Gasteiger partial charge in [0.2, 0.25) is 5.91 Å². The molecule has 108 valence electrons. The van der Waals surface area contributed by atoms with E-state index >= 15 is 0 Å². The second kappa shape index (κ2) is 6.23. The zero-order valence-electron chi connectivity index (χ0n) is 11.8. The summed E-state index contributed by atoms with van der Waals surface area (Å²) in [5, 5.41) is 3.48. The van der Waals surface area contributed by atoms with Gasteiger partial charge in [-0.15, -0.1) is 0 Å². The van der Waals surface area contributed by atoms with E-state index < -0.39 is 0 Å². The van der Waals surface area contributed by atoms with Crippen LogP contribution in [0.15, 0.2) is 0 Å². The Morgan fingerprint density at radius 3 is 2.53 bits per heavy atom. The molecule has 0 saturated carbocycles. The summed E-state index contributed by atoms with van der Waals surface area (Å²) in [4.78, 5) is 14.4. The van der Waals surface area contributed by atoms with Crippen molar-refractivity contribution in [1.29, 1.82) is 0 Å². The molecule has 0 aliphatic carbocycles. The lowest BCUT2D eigenvalue weighted by Crippen LogP contribution is -2.32. The highest BCUT2D eigenvalue weighted by molar-refractivity contribution is 5.76. The summed E-state index contributed by atoms with van der Waals surface area (Å²) in [6, 6.07) is 0. The summed E-state index contributed by atoms with van der Waals surface area (Å²) >= 11 is 0. The van der Waals surface area contributed by atoms with Gasteiger partial charge in [0.25, 0.3) is 0 Å². The molecule has 1 N–H and O–H groups in total. The van der Waals surface area contributed by atoms with Gasteiger partial charge < -0.3 is 15.0 Å². The first-order valence-corrected chi connectivity index (χ1v) is 7.89. The highest BCUT2D eigenvalue weighted by atomic mass is 16.5. The van der Waals surface area contributed by atoms with Gasteiger partial charge in [0.1, 0.15) is 0 Å². The topological polar surface area (TPSA) is 41.6 Å². The van der Waals surface area contributed by atoms with E-state index in [0.717, 1.165) is 70.5 Å². The number of likely N-dealkylation sites (tertiary alicyclic amines) is 1. The fourth-order valence-electron chi connectivity index (χ4n) is 3.76. The molecule has 0 aromatic rings. The van der Waals surface area contributed by atoms with Crippen molar-refractivity contribution in [3.63, 3.8) is 0 Å². The number of fused-ring (bicyclic) bond motifs is 1. The molecule has 3 heterocycles. The van der Waals surface area contributed by atoms with E-state index in [1.54, 1.807) is 0 Å². The van der Waals surface area contributed by atoms with Crippen molar-refractivity contribution in [2.45, 2.75) is 32.1 Å². The normalized spacial score (nSPS) is 35.2. The SMILES string of the molecule is O=C(CCC1CCOC1)N1CC[C@@H]2CNC[C@@H]2CC1. The molecule has 3 atom stereocenters. The Hall–Kier alpha value is -0.610. The van der Waals surface area contributed by atoms with Crippen LogP contribution < -0.4 is 5.32 Å². The molecule has 0 spiro atoms. The maximum atomic E-state index is 12.3. The Kier molecular flexibility index (Phi) is 4.38. The van der Waals surface area contributed by atoms with Gasteiger partial charge in [0.15, 0.2) is 0 Å². The third-order valence-electron chi connectivity index (χ3n) is 5.16.